The molecule has 0 N–H and O–H groups in total. The topological polar surface area (TPSA) is 247 Å². The maximum Gasteiger partial charge on any atom is 0.513 e. The summed E-state index contributed by atoms with van der Waals surface area (Å²) in [5.41, 5.74) is 0.613. The second kappa shape index (κ2) is 25.7. The van der Waals surface area contributed by atoms with Crippen molar-refractivity contribution in [1.82, 2.24) is 0 Å². The monoisotopic (exact) mass is 966 g/mol. The third kappa shape index (κ3) is 15.3. The molecule has 2 aliphatic rings. The summed E-state index contributed by atoms with van der Waals surface area (Å²) in [6.07, 6.45) is -0.999. The van der Waals surface area contributed by atoms with E-state index < -0.39 is 72.5 Å². The Morgan fingerprint density at radius 2 is 0.700 bits per heavy atom. The third-order valence-corrected chi connectivity index (χ3v) is 10.0. The number of ether oxygens (including phenoxy) is 12. The summed E-state index contributed by atoms with van der Waals surface area (Å²) in [7, 11) is 0. The Labute approximate surface area is 399 Å². The van der Waals surface area contributed by atoms with Gasteiger partial charge in [-0.1, -0.05) is 13.2 Å². The van der Waals surface area contributed by atoms with Crippen molar-refractivity contribution in [3.8, 4) is 23.0 Å². The maximum absolute atomic E-state index is 13.1. The fraction of sp³-hybridized carbons (Fsp3) is 0.280. The van der Waals surface area contributed by atoms with Crippen LogP contribution in [0.25, 0.3) is 0 Å². The smallest absolute Gasteiger partial charge is 0.463 e. The van der Waals surface area contributed by atoms with Gasteiger partial charge < -0.3 is 56.8 Å². The molecule has 0 amide bonds. The maximum atomic E-state index is 13.1. The van der Waals surface area contributed by atoms with E-state index in [0.29, 0.717) is 25.7 Å². The molecule has 2 fully saturated rings. The predicted octanol–water partition coefficient (Wildman–Crippen LogP) is 6.72. The van der Waals surface area contributed by atoms with E-state index >= 15 is 0 Å². The lowest BCUT2D eigenvalue weighted by atomic mass is 10.1. The van der Waals surface area contributed by atoms with Crippen molar-refractivity contribution in [3.05, 3.63) is 145 Å². The van der Waals surface area contributed by atoms with E-state index in [1.807, 2.05) is 0 Å². The van der Waals surface area contributed by atoms with Crippen molar-refractivity contribution in [2.45, 2.75) is 50.1 Å². The van der Waals surface area contributed by atoms with Crippen molar-refractivity contribution < 1.29 is 95.2 Å². The highest BCUT2D eigenvalue weighted by Gasteiger charge is 2.51. The molecule has 70 heavy (non-hydrogen) atoms. The van der Waals surface area contributed by atoms with Crippen molar-refractivity contribution in [2.75, 3.05) is 39.6 Å². The highest BCUT2D eigenvalue weighted by Crippen LogP contribution is 2.32. The molecule has 4 aromatic rings. The van der Waals surface area contributed by atoms with Gasteiger partial charge in [0.05, 0.1) is 61.9 Å². The minimum Gasteiger partial charge on any atom is -0.463 e. The van der Waals surface area contributed by atoms with Crippen LogP contribution in [0, 0.1) is 0 Å². The van der Waals surface area contributed by atoms with Crippen molar-refractivity contribution >= 4 is 48.1 Å². The summed E-state index contributed by atoms with van der Waals surface area (Å²) < 4.78 is 63.7. The molecular formula is C50H46O20. The number of fused-ring (bicyclic) bond motifs is 1. The average molecular weight is 967 g/mol. The van der Waals surface area contributed by atoms with E-state index in [2.05, 4.69) is 13.2 Å². The predicted molar refractivity (Wildman–Crippen MR) is 238 cm³/mol. The van der Waals surface area contributed by atoms with Gasteiger partial charge in [0.15, 0.2) is 12.2 Å². The minimum atomic E-state index is -0.945. The van der Waals surface area contributed by atoms with E-state index in [-0.39, 0.29) is 84.9 Å². The molecule has 0 unspecified atom stereocenters. The Balaban J connectivity index is 0.876. The largest absolute Gasteiger partial charge is 0.513 e. The Bertz CT molecular complexity index is 2320. The van der Waals surface area contributed by atoms with Crippen LogP contribution < -0.4 is 18.9 Å². The summed E-state index contributed by atoms with van der Waals surface area (Å²) in [6.45, 7) is 6.98. The first-order valence-electron chi connectivity index (χ1n) is 21.7. The lowest BCUT2D eigenvalue weighted by Gasteiger charge is -2.17. The summed E-state index contributed by atoms with van der Waals surface area (Å²) in [6, 6.07) is 22.4. The van der Waals surface area contributed by atoms with Gasteiger partial charge in [0, 0.05) is 12.2 Å². The minimum absolute atomic E-state index is 0.0198. The number of carbonyl (C=O) groups excluding carboxylic acids is 8. The second-order valence-corrected chi connectivity index (χ2v) is 14.9. The van der Waals surface area contributed by atoms with Crippen LogP contribution in [-0.2, 0) is 47.5 Å². The molecular weight excluding hydrogens is 921 g/mol. The summed E-state index contributed by atoms with van der Waals surface area (Å²) in [5.74, 6) is -3.35. The number of benzene rings is 4. The first-order chi connectivity index (χ1) is 33.9. The van der Waals surface area contributed by atoms with Crippen LogP contribution in [0.1, 0.15) is 67.1 Å². The SMILES string of the molecule is C=CC(=O)OCCCCOC(=O)Oc1ccc(C(=O)Oc2ccc(C(=O)O[C@H]3CO[C@H]4[C@H]3OC[C@H]4OC(=O)c3ccc(OC(=O)c4ccc(OC(=O)OCCCCOC(=O)C=C)cc4)cc3)cc2)cc1. The van der Waals surface area contributed by atoms with E-state index in [1.54, 1.807) is 0 Å². The Kier molecular flexibility index (Phi) is 18.7. The molecule has 0 aromatic heterocycles. The number of hydrogen-bond acceptors (Lipinski definition) is 20. The van der Waals surface area contributed by atoms with Crippen LogP contribution in [0.4, 0.5) is 9.59 Å². The molecule has 2 heterocycles. The number of rotatable bonds is 22. The van der Waals surface area contributed by atoms with Crippen LogP contribution in [0.3, 0.4) is 0 Å². The van der Waals surface area contributed by atoms with Gasteiger partial charge in [-0.25, -0.2) is 38.4 Å². The van der Waals surface area contributed by atoms with Crippen LogP contribution in [0.15, 0.2) is 122 Å². The van der Waals surface area contributed by atoms with Gasteiger partial charge in [-0.3, -0.25) is 0 Å². The molecule has 2 saturated heterocycles. The average Bonchev–Trinajstić information content (AvgIpc) is 3.96. The van der Waals surface area contributed by atoms with Gasteiger partial charge in [-0.2, -0.15) is 0 Å². The molecule has 0 spiro atoms. The van der Waals surface area contributed by atoms with Gasteiger partial charge in [0.25, 0.3) is 0 Å². The van der Waals surface area contributed by atoms with E-state index in [9.17, 15) is 38.4 Å². The van der Waals surface area contributed by atoms with Crippen molar-refractivity contribution in [2.24, 2.45) is 0 Å². The molecule has 4 atom stereocenters. The quantitative estimate of drug-likeness (QED) is 0.0198. The van der Waals surface area contributed by atoms with Crippen molar-refractivity contribution in [1.29, 1.82) is 0 Å². The first kappa shape index (κ1) is 51.0. The Morgan fingerprint density at radius 1 is 0.414 bits per heavy atom. The zero-order valence-corrected chi connectivity index (χ0v) is 37.4. The molecule has 2 aliphatic heterocycles. The van der Waals surface area contributed by atoms with Gasteiger partial charge in [0.1, 0.15) is 35.2 Å². The Morgan fingerprint density at radius 3 is 1.01 bits per heavy atom. The van der Waals surface area contributed by atoms with E-state index in [0.717, 1.165) is 12.2 Å². The van der Waals surface area contributed by atoms with Crippen LogP contribution in [0.2, 0.25) is 0 Å². The number of unbranched alkanes of at least 4 members (excludes halogenated alkanes) is 2. The van der Waals surface area contributed by atoms with Gasteiger partial charge >= 0.3 is 48.1 Å². The molecule has 4 aromatic carbocycles. The molecule has 0 bridgehead atoms. The highest BCUT2D eigenvalue weighted by molar-refractivity contribution is 5.93. The van der Waals surface area contributed by atoms with E-state index in [4.69, 9.17) is 56.8 Å². The Hall–Kier alpha value is -8.36. The van der Waals surface area contributed by atoms with Crippen LogP contribution in [-0.4, -0.2) is 112 Å². The molecule has 20 nitrogen and oxygen atoms in total. The summed E-state index contributed by atoms with van der Waals surface area (Å²) in [4.78, 5) is 97.6. The summed E-state index contributed by atoms with van der Waals surface area (Å²) >= 11 is 0. The van der Waals surface area contributed by atoms with Gasteiger partial charge in [-0.05, 0) is 123 Å². The number of carbonyl (C=O) groups is 8. The zero-order valence-electron chi connectivity index (χ0n) is 37.4. The standard InChI is InChI=1S/C50H46O20/c1-3-41(51)59-25-5-7-27-61-49(57)67-37-21-13-31(14-22-37)45(53)65-35-17-9-33(10-18-35)47(55)69-39-29-63-44-40(30-64-43(39)44)70-48(56)34-11-19-36(20-12-34)66-46(54)32-15-23-38(24-16-32)68-50(58)62-28-8-6-26-60-42(52)4-2/h3-4,9-24,39-40,43-44H,1-2,5-8,25-30H2/t39-,40+,43-,44+. The number of esters is 6. The zero-order chi connectivity index (χ0) is 49.8. The van der Waals surface area contributed by atoms with Crippen molar-refractivity contribution in [3.63, 3.8) is 0 Å². The molecule has 0 radical (unpaired) electrons. The molecule has 20 heteroatoms. The van der Waals surface area contributed by atoms with Gasteiger partial charge in [-0.15, -0.1) is 0 Å². The third-order valence-electron chi connectivity index (χ3n) is 10.0. The summed E-state index contributed by atoms with van der Waals surface area (Å²) in [5, 5.41) is 0. The lowest BCUT2D eigenvalue weighted by molar-refractivity contribution is -0.138. The normalized spacial score (nSPS) is 16.5. The fourth-order valence-electron chi connectivity index (χ4n) is 6.44. The molecule has 6 rings (SSSR count). The molecule has 366 valence electrons. The fourth-order valence-corrected chi connectivity index (χ4v) is 6.44. The highest BCUT2D eigenvalue weighted by atomic mass is 16.7. The first-order valence-corrected chi connectivity index (χ1v) is 21.7. The second-order valence-electron chi connectivity index (χ2n) is 14.9. The number of hydrogen-bond donors (Lipinski definition) is 0. The molecule has 0 saturated carbocycles. The van der Waals surface area contributed by atoms with Crippen LogP contribution >= 0.6 is 0 Å². The van der Waals surface area contributed by atoms with E-state index in [1.165, 1.54) is 97.1 Å². The van der Waals surface area contributed by atoms with Crippen LogP contribution in [0.5, 0.6) is 23.0 Å². The lowest BCUT2D eigenvalue weighted by Crippen LogP contribution is -2.36. The van der Waals surface area contributed by atoms with Gasteiger partial charge in [0.2, 0.25) is 0 Å². The molecule has 0 aliphatic carbocycles.